The van der Waals surface area contributed by atoms with E-state index in [1.165, 1.54) is 6.07 Å². The quantitative estimate of drug-likeness (QED) is 0.838. The van der Waals surface area contributed by atoms with Gasteiger partial charge >= 0.3 is 0 Å². The third-order valence-electron chi connectivity index (χ3n) is 3.54. The molecule has 0 atom stereocenters. The fraction of sp³-hybridized carbons (Fsp3) is 0.538. The molecule has 3 N–H and O–H groups in total. The zero-order chi connectivity index (χ0) is 14.1. The Morgan fingerprint density at radius 1 is 1.21 bits per heavy atom. The number of nitrogen functional groups attached to an aromatic ring is 1. The molecule has 1 aliphatic rings. The Morgan fingerprint density at radius 3 is 2.42 bits per heavy atom. The zero-order valence-corrected chi connectivity index (χ0v) is 11.8. The number of rotatable bonds is 3. The van der Waals surface area contributed by atoms with Crippen LogP contribution in [0.4, 0.5) is 10.1 Å². The van der Waals surface area contributed by atoms with Gasteiger partial charge in [0, 0.05) is 11.2 Å². The lowest BCUT2D eigenvalue weighted by Gasteiger charge is -2.34. The van der Waals surface area contributed by atoms with Crippen LogP contribution in [0.1, 0.15) is 39.0 Å². The summed E-state index contributed by atoms with van der Waals surface area (Å²) < 4.78 is 40.5. The van der Waals surface area contributed by atoms with E-state index in [0.717, 1.165) is 44.2 Å². The van der Waals surface area contributed by atoms with Crippen LogP contribution in [0, 0.1) is 5.82 Å². The summed E-state index contributed by atoms with van der Waals surface area (Å²) in [6.45, 7) is 1.90. The van der Waals surface area contributed by atoms with E-state index in [1.54, 1.807) is 0 Å². The first-order valence-electron chi connectivity index (χ1n) is 6.41. The number of nitrogens with two attached hydrogens (primary N) is 1. The maximum absolute atomic E-state index is 13.3. The van der Waals surface area contributed by atoms with Gasteiger partial charge in [0.15, 0.2) is 0 Å². The molecule has 1 fully saturated rings. The number of benzene rings is 1. The van der Waals surface area contributed by atoms with E-state index in [9.17, 15) is 12.8 Å². The minimum absolute atomic E-state index is 0.106. The molecular weight excluding hydrogens is 267 g/mol. The molecule has 19 heavy (non-hydrogen) atoms. The first-order chi connectivity index (χ1) is 8.81. The molecule has 1 saturated carbocycles. The Hall–Kier alpha value is -1.14. The van der Waals surface area contributed by atoms with Crippen molar-refractivity contribution in [3.8, 4) is 0 Å². The van der Waals surface area contributed by atoms with E-state index >= 15 is 0 Å². The maximum Gasteiger partial charge on any atom is 0.241 e. The van der Waals surface area contributed by atoms with Gasteiger partial charge in [-0.3, -0.25) is 0 Å². The van der Waals surface area contributed by atoms with Crippen molar-refractivity contribution >= 4 is 15.7 Å². The molecule has 4 nitrogen and oxygen atoms in total. The summed E-state index contributed by atoms with van der Waals surface area (Å²) in [5.74, 6) is -0.644. The average molecular weight is 286 g/mol. The summed E-state index contributed by atoms with van der Waals surface area (Å²) in [5.41, 5.74) is 5.15. The van der Waals surface area contributed by atoms with Gasteiger partial charge in [-0.1, -0.05) is 19.3 Å². The molecule has 2 rings (SSSR count). The standard InChI is InChI=1S/C13H19FN2O2S/c1-13(5-3-2-4-6-13)16-19(17,18)12-8-10(14)7-11(15)9-12/h7-9,16H,2-6,15H2,1H3. The Bertz CT molecular complexity index is 546. The second-order valence-electron chi connectivity index (χ2n) is 5.45. The smallest absolute Gasteiger partial charge is 0.241 e. The molecule has 106 valence electrons. The van der Waals surface area contributed by atoms with Gasteiger partial charge in [-0.05, 0) is 38.0 Å². The van der Waals surface area contributed by atoms with Gasteiger partial charge < -0.3 is 5.73 Å². The second-order valence-corrected chi connectivity index (χ2v) is 7.13. The van der Waals surface area contributed by atoms with Crippen molar-refractivity contribution in [2.75, 3.05) is 5.73 Å². The van der Waals surface area contributed by atoms with Crippen LogP contribution in [-0.4, -0.2) is 14.0 Å². The van der Waals surface area contributed by atoms with Crippen LogP contribution in [0.5, 0.6) is 0 Å². The number of hydrogen-bond acceptors (Lipinski definition) is 3. The van der Waals surface area contributed by atoms with Crippen molar-refractivity contribution in [2.45, 2.75) is 49.5 Å². The van der Waals surface area contributed by atoms with E-state index in [0.29, 0.717) is 0 Å². The molecular formula is C13H19FN2O2S. The minimum Gasteiger partial charge on any atom is -0.399 e. The van der Waals surface area contributed by atoms with E-state index in [4.69, 9.17) is 5.73 Å². The molecule has 0 saturated heterocycles. The number of anilines is 1. The van der Waals surface area contributed by atoms with Gasteiger partial charge in [-0.25, -0.2) is 17.5 Å². The molecule has 0 aliphatic heterocycles. The van der Waals surface area contributed by atoms with Crippen molar-refractivity contribution < 1.29 is 12.8 Å². The van der Waals surface area contributed by atoms with Gasteiger partial charge in [0.1, 0.15) is 5.82 Å². The lowest BCUT2D eigenvalue weighted by Crippen LogP contribution is -2.47. The van der Waals surface area contributed by atoms with Gasteiger partial charge in [-0.2, -0.15) is 0 Å². The summed E-state index contributed by atoms with van der Waals surface area (Å²) in [4.78, 5) is -0.114. The molecule has 1 aromatic rings. The third-order valence-corrected chi connectivity index (χ3v) is 5.16. The maximum atomic E-state index is 13.3. The van der Waals surface area contributed by atoms with E-state index in [2.05, 4.69) is 4.72 Å². The van der Waals surface area contributed by atoms with Crippen molar-refractivity contribution in [2.24, 2.45) is 0 Å². The molecule has 6 heteroatoms. The van der Waals surface area contributed by atoms with Crippen molar-refractivity contribution in [3.63, 3.8) is 0 Å². The largest absolute Gasteiger partial charge is 0.399 e. The van der Waals surface area contributed by atoms with Gasteiger partial charge in [0.25, 0.3) is 0 Å². The Labute approximate surface area is 113 Å². The predicted molar refractivity (Wildman–Crippen MR) is 72.6 cm³/mol. The molecule has 1 aromatic carbocycles. The molecule has 0 bridgehead atoms. The Morgan fingerprint density at radius 2 is 1.84 bits per heavy atom. The van der Waals surface area contributed by atoms with Crippen molar-refractivity contribution in [1.82, 2.24) is 4.72 Å². The Balaban J connectivity index is 2.27. The monoisotopic (exact) mass is 286 g/mol. The first-order valence-corrected chi connectivity index (χ1v) is 7.89. The van der Waals surface area contributed by atoms with Crippen molar-refractivity contribution in [3.05, 3.63) is 24.0 Å². The van der Waals surface area contributed by atoms with Gasteiger partial charge in [-0.15, -0.1) is 0 Å². The molecule has 0 aromatic heterocycles. The second kappa shape index (κ2) is 5.09. The summed E-state index contributed by atoms with van der Waals surface area (Å²) in [6, 6.07) is 3.36. The van der Waals surface area contributed by atoms with Crippen LogP contribution in [0.3, 0.4) is 0 Å². The number of nitrogens with one attached hydrogen (secondary N) is 1. The first kappa shape index (κ1) is 14.3. The van der Waals surface area contributed by atoms with Crippen LogP contribution in [0.15, 0.2) is 23.1 Å². The van der Waals surface area contributed by atoms with Crippen LogP contribution >= 0.6 is 0 Å². The summed E-state index contributed by atoms with van der Waals surface area (Å²) in [5, 5.41) is 0. The highest BCUT2D eigenvalue weighted by Crippen LogP contribution is 2.29. The van der Waals surface area contributed by atoms with Crippen LogP contribution in [0.25, 0.3) is 0 Å². The highest BCUT2D eigenvalue weighted by atomic mass is 32.2. The average Bonchev–Trinajstić information content (AvgIpc) is 2.27. The molecule has 0 heterocycles. The van der Waals surface area contributed by atoms with Gasteiger partial charge in [0.05, 0.1) is 4.90 Å². The normalized spacial score (nSPS) is 19.3. The fourth-order valence-electron chi connectivity index (χ4n) is 2.56. The van der Waals surface area contributed by atoms with Crippen LogP contribution < -0.4 is 10.5 Å². The summed E-state index contributed by atoms with van der Waals surface area (Å²) in [7, 11) is -3.73. The highest BCUT2D eigenvalue weighted by Gasteiger charge is 2.32. The molecule has 0 spiro atoms. The number of hydrogen-bond donors (Lipinski definition) is 2. The predicted octanol–water partition coefficient (Wildman–Crippen LogP) is 2.41. The summed E-state index contributed by atoms with van der Waals surface area (Å²) >= 11 is 0. The topological polar surface area (TPSA) is 72.2 Å². The van der Waals surface area contributed by atoms with E-state index in [-0.39, 0.29) is 10.6 Å². The SMILES string of the molecule is CC1(NS(=O)(=O)c2cc(N)cc(F)c2)CCCCC1. The van der Waals surface area contributed by atoms with E-state index < -0.39 is 21.4 Å². The number of sulfonamides is 1. The molecule has 0 amide bonds. The molecule has 0 radical (unpaired) electrons. The van der Waals surface area contributed by atoms with E-state index in [1.807, 2.05) is 6.92 Å². The Kier molecular flexibility index (Phi) is 3.82. The lowest BCUT2D eigenvalue weighted by atomic mass is 9.84. The van der Waals surface area contributed by atoms with Crippen LogP contribution in [-0.2, 0) is 10.0 Å². The molecule has 1 aliphatic carbocycles. The third kappa shape index (κ3) is 3.45. The molecule has 0 unspecified atom stereocenters. The lowest BCUT2D eigenvalue weighted by molar-refractivity contribution is 0.294. The van der Waals surface area contributed by atoms with Crippen LogP contribution in [0.2, 0.25) is 0 Å². The zero-order valence-electron chi connectivity index (χ0n) is 10.9. The fourth-order valence-corrected chi connectivity index (χ4v) is 4.09. The highest BCUT2D eigenvalue weighted by molar-refractivity contribution is 7.89. The number of halogens is 1. The van der Waals surface area contributed by atoms with Gasteiger partial charge in [0.2, 0.25) is 10.0 Å². The minimum atomic E-state index is -3.73. The summed E-state index contributed by atoms with van der Waals surface area (Å²) in [6.07, 6.45) is 4.74. The van der Waals surface area contributed by atoms with Crippen molar-refractivity contribution in [1.29, 1.82) is 0 Å².